The fourth-order valence-electron chi connectivity index (χ4n) is 4.21. The number of likely N-dealkylation sites (tertiary alicyclic amines) is 2. The number of rotatable bonds is 5. The van der Waals surface area contributed by atoms with Gasteiger partial charge in [-0.1, -0.05) is 18.2 Å². The second-order valence-electron chi connectivity index (χ2n) is 7.40. The van der Waals surface area contributed by atoms with Gasteiger partial charge in [-0.05, 0) is 50.3 Å². The Morgan fingerprint density at radius 3 is 2.32 bits per heavy atom. The minimum absolute atomic E-state index is 0.131. The molecule has 5 nitrogen and oxygen atoms in total. The second-order valence-corrected chi connectivity index (χ2v) is 7.40. The summed E-state index contributed by atoms with van der Waals surface area (Å²) in [6, 6.07) is 8.29. The van der Waals surface area contributed by atoms with Crippen molar-refractivity contribution < 1.29 is 14.3 Å². The van der Waals surface area contributed by atoms with Crippen LogP contribution in [0.2, 0.25) is 0 Å². The van der Waals surface area contributed by atoms with Crippen LogP contribution in [0, 0.1) is 5.41 Å². The van der Waals surface area contributed by atoms with Gasteiger partial charge in [0.2, 0.25) is 5.91 Å². The molecule has 3 rings (SSSR count). The lowest BCUT2D eigenvalue weighted by Crippen LogP contribution is -2.48. The molecule has 0 radical (unpaired) electrons. The number of carbonyl (C=O) groups excluding carboxylic acids is 1. The van der Waals surface area contributed by atoms with E-state index in [1.165, 1.54) is 18.4 Å². The highest BCUT2D eigenvalue weighted by molar-refractivity contribution is 5.77. The molecule has 0 unspecified atom stereocenters. The molecule has 0 aliphatic carbocycles. The van der Waals surface area contributed by atoms with E-state index in [1.807, 2.05) is 17.0 Å². The zero-order valence-electron chi connectivity index (χ0n) is 15.5. The lowest BCUT2D eigenvalue weighted by atomic mass is 9.71. The standard InChI is InChI=1S/C20H30N2O3/c1-24-16-19(23)22-13-9-20(10-14-22)7-11-21(12-8-20)15-17-5-3-4-6-18(17)25-2/h3-6H,7-16H2,1-2H3. The minimum atomic E-state index is 0.131. The smallest absolute Gasteiger partial charge is 0.248 e. The van der Waals surface area contributed by atoms with Gasteiger partial charge >= 0.3 is 0 Å². The maximum atomic E-state index is 12.0. The molecular weight excluding hydrogens is 316 g/mol. The number of benzene rings is 1. The quantitative estimate of drug-likeness (QED) is 0.822. The molecule has 0 atom stereocenters. The van der Waals surface area contributed by atoms with Crippen molar-refractivity contribution in [2.24, 2.45) is 5.41 Å². The number of piperidine rings is 2. The van der Waals surface area contributed by atoms with Crippen LogP contribution in [0.3, 0.4) is 0 Å². The Bertz CT molecular complexity index is 572. The Balaban J connectivity index is 1.50. The molecule has 0 bridgehead atoms. The van der Waals surface area contributed by atoms with E-state index in [-0.39, 0.29) is 12.5 Å². The van der Waals surface area contributed by atoms with Crippen molar-refractivity contribution in [2.75, 3.05) is 47.0 Å². The van der Waals surface area contributed by atoms with Crippen LogP contribution >= 0.6 is 0 Å². The highest BCUT2D eigenvalue weighted by Gasteiger charge is 2.38. The summed E-state index contributed by atoms with van der Waals surface area (Å²) < 4.78 is 10.5. The monoisotopic (exact) mass is 346 g/mol. The second kappa shape index (κ2) is 8.19. The summed E-state index contributed by atoms with van der Waals surface area (Å²) in [5.74, 6) is 1.11. The van der Waals surface area contributed by atoms with Crippen molar-refractivity contribution in [3.05, 3.63) is 29.8 Å². The van der Waals surface area contributed by atoms with E-state index in [2.05, 4.69) is 17.0 Å². The fourth-order valence-corrected chi connectivity index (χ4v) is 4.21. The van der Waals surface area contributed by atoms with Gasteiger partial charge < -0.3 is 14.4 Å². The van der Waals surface area contributed by atoms with Crippen molar-refractivity contribution in [1.82, 2.24) is 9.80 Å². The first kappa shape index (κ1) is 18.2. The van der Waals surface area contributed by atoms with E-state index in [0.717, 1.165) is 51.3 Å². The van der Waals surface area contributed by atoms with Crippen LogP contribution in [-0.2, 0) is 16.1 Å². The summed E-state index contributed by atoms with van der Waals surface area (Å²) in [5.41, 5.74) is 1.70. The van der Waals surface area contributed by atoms with Gasteiger partial charge in [0.25, 0.3) is 0 Å². The number of ether oxygens (including phenoxy) is 2. The molecule has 1 aromatic carbocycles. The van der Waals surface area contributed by atoms with Gasteiger partial charge in [0, 0.05) is 32.3 Å². The molecule has 1 amide bonds. The van der Waals surface area contributed by atoms with Crippen molar-refractivity contribution in [3.63, 3.8) is 0 Å². The van der Waals surface area contributed by atoms with Crippen LogP contribution in [0.15, 0.2) is 24.3 Å². The zero-order chi connectivity index (χ0) is 17.7. The topological polar surface area (TPSA) is 42.0 Å². The maximum absolute atomic E-state index is 12.0. The summed E-state index contributed by atoms with van der Waals surface area (Å²) in [6.45, 7) is 5.19. The molecule has 1 aromatic rings. The molecule has 2 saturated heterocycles. The van der Waals surface area contributed by atoms with E-state index in [1.54, 1.807) is 14.2 Å². The normalized spacial score (nSPS) is 20.6. The molecule has 0 N–H and O–H groups in total. The molecular formula is C20H30N2O3. The van der Waals surface area contributed by atoms with Crippen LogP contribution in [0.25, 0.3) is 0 Å². The number of hydrogen-bond acceptors (Lipinski definition) is 4. The Hall–Kier alpha value is -1.59. The number of para-hydroxylation sites is 1. The summed E-state index contributed by atoms with van der Waals surface area (Å²) in [5, 5.41) is 0. The molecule has 138 valence electrons. The van der Waals surface area contributed by atoms with Gasteiger partial charge in [0.1, 0.15) is 12.4 Å². The van der Waals surface area contributed by atoms with E-state index in [4.69, 9.17) is 9.47 Å². The Labute approximate surface area is 150 Å². The van der Waals surface area contributed by atoms with Gasteiger partial charge in [-0.25, -0.2) is 0 Å². The Kier molecular flexibility index (Phi) is 5.97. The predicted octanol–water partition coefficient (Wildman–Crippen LogP) is 2.55. The SMILES string of the molecule is COCC(=O)N1CCC2(CCN(Cc3ccccc3OC)CC2)CC1. The van der Waals surface area contributed by atoms with Gasteiger partial charge in [-0.15, -0.1) is 0 Å². The molecule has 0 aromatic heterocycles. The van der Waals surface area contributed by atoms with Crippen molar-refractivity contribution in [1.29, 1.82) is 0 Å². The van der Waals surface area contributed by atoms with Crippen molar-refractivity contribution in [2.45, 2.75) is 32.2 Å². The summed E-state index contributed by atoms with van der Waals surface area (Å²) >= 11 is 0. The lowest BCUT2D eigenvalue weighted by molar-refractivity contribution is -0.138. The first-order valence-electron chi connectivity index (χ1n) is 9.27. The summed E-state index contributed by atoms with van der Waals surface area (Å²) in [4.78, 5) is 16.5. The van der Waals surface area contributed by atoms with Crippen LogP contribution in [0.5, 0.6) is 5.75 Å². The molecule has 25 heavy (non-hydrogen) atoms. The maximum Gasteiger partial charge on any atom is 0.248 e. The number of nitrogens with zero attached hydrogens (tertiary/aromatic N) is 2. The average Bonchev–Trinajstić information content (AvgIpc) is 2.65. The minimum Gasteiger partial charge on any atom is -0.496 e. The van der Waals surface area contributed by atoms with Gasteiger partial charge in [0.15, 0.2) is 0 Å². The third kappa shape index (κ3) is 4.33. The largest absolute Gasteiger partial charge is 0.496 e. The third-order valence-corrected chi connectivity index (χ3v) is 5.95. The molecule has 2 fully saturated rings. The first-order chi connectivity index (χ1) is 12.2. The highest BCUT2D eigenvalue weighted by atomic mass is 16.5. The van der Waals surface area contributed by atoms with Crippen LogP contribution in [0.1, 0.15) is 31.2 Å². The fraction of sp³-hybridized carbons (Fsp3) is 0.650. The first-order valence-corrected chi connectivity index (χ1v) is 9.27. The highest BCUT2D eigenvalue weighted by Crippen LogP contribution is 2.41. The van der Waals surface area contributed by atoms with Crippen LogP contribution in [0.4, 0.5) is 0 Å². The summed E-state index contributed by atoms with van der Waals surface area (Å²) in [6.07, 6.45) is 4.72. The number of amides is 1. The lowest BCUT2D eigenvalue weighted by Gasteiger charge is -2.47. The zero-order valence-corrected chi connectivity index (χ0v) is 15.5. The molecule has 2 heterocycles. The van der Waals surface area contributed by atoms with E-state index >= 15 is 0 Å². The van der Waals surface area contributed by atoms with Crippen molar-refractivity contribution >= 4 is 5.91 Å². The molecule has 1 spiro atoms. The predicted molar refractivity (Wildman–Crippen MR) is 97.6 cm³/mol. The molecule has 2 aliphatic heterocycles. The Morgan fingerprint density at radius 2 is 1.68 bits per heavy atom. The van der Waals surface area contributed by atoms with Crippen molar-refractivity contribution in [3.8, 4) is 5.75 Å². The number of hydrogen-bond donors (Lipinski definition) is 0. The Morgan fingerprint density at radius 1 is 1.04 bits per heavy atom. The van der Waals surface area contributed by atoms with E-state index in [0.29, 0.717) is 5.41 Å². The summed E-state index contributed by atoms with van der Waals surface area (Å²) in [7, 11) is 3.32. The average molecular weight is 346 g/mol. The van der Waals surface area contributed by atoms with Crippen LogP contribution < -0.4 is 4.74 Å². The van der Waals surface area contributed by atoms with E-state index < -0.39 is 0 Å². The van der Waals surface area contributed by atoms with Gasteiger partial charge in [-0.3, -0.25) is 9.69 Å². The number of carbonyl (C=O) groups is 1. The molecule has 2 aliphatic rings. The third-order valence-electron chi connectivity index (χ3n) is 5.95. The number of methoxy groups -OCH3 is 2. The van der Waals surface area contributed by atoms with Gasteiger partial charge in [-0.2, -0.15) is 0 Å². The van der Waals surface area contributed by atoms with Crippen LogP contribution in [-0.4, -0.2) is 62.7 Å². The molecule has 0 saturated carbocycles. The van der Waals surface area contributed by atoms with Gasteiger partial charge in [0.05, 0.1) is 7.11 Å². The van der Waals surface area contributed by atoms with E-state index in [9.17, 15) is 4.79 Å². The molecule has 5 heteroatoms.